The number of nitrogens with two attached hydrogens (primary N) is 1. The van der Waals surface area contributed by atoms with Crippen LogP contribution in [-0.4, -0.2) is 32.1 Å². The van der Waals surface area contributed by atoms with Gasteiger partial charge in [0.15, 0.2) is 0 Å². The minimum atomic E-state index is 0.804. The number of hydrogen-bond acceptors (Lipinski definition) is 4. The van der Waals surface area contributed by atoms with Crippen molar-refractivity contribution in [1.82, 2.24) is 0 Å². The molecule has 0 saturated heterocycles. The molecule has 100 valence electrons. The molecule has 2 rings (SSSR count). The Morgan fingerprint density at radius 1 is 1.39 bits per heavy atom. The molecule has 1 aromatic carbocycles. The topological polar surface area (TPSA) is 38.5 Å². The van der Waals surface area contributed by atoms with Crippen LogP contribution in [0.5, 0.6) is 0 Å². The summed E-state index contributed by atoms with van der Waals surface area (Å²) in [7, 11) is 0. The summed E-state index contributed by atoms with van der Waals surface area (Å²) >= 11 is 1.91. The molecule has 4 heteroatoms. The largest absolute Gasteiger partial charge is 0.399 e. The van der Waals surface area contributed by atoms with E-state index >= 15 is 0 Å². The maximum Gasteiger partial charge on any atom is 0.0641 e. The number of nitrogen functional groups attached to an aromatic ring is 1. The zero-order valence-electron chi connectivity index (χ0n) is 11.0. The Kier molecular flexibility index (Phi) is 5.20. The van der Waals surface area contributed by atoms with Gasteiger partial charge >= 0.3 is 0 Å². The number of hydrogen-bond donors (Lipinski definition) is 1. The van der Waals surface area contributed by atoms with Crippen molar-refractivity contribution >= 4 is 23.1 Å². The Morgan fingerprint density at radius 2 is 2.28 bits per heavy atom. The maximum atomic E-state index is 5.87. The van der Waals surface area contributed by atoms with E-state index in [1.165, 1.54) is 17.0 Å². The highest BCUT2D eigenvalue weighted by Crippen LogP contribution is 2.35. The van der Waals surface area contributed by atoms with Crippen molar-refractivity contribution in [3.63, 3.8) is 0 Å². The lowest BCUT2D eigenvalue weighted by atomic mass is 10.2. The summed E-state index contributed by atoms with van der Waals surface area (Å²) in [5.41, 5.74) is 7.98. The lowest BCUT2D eigenvalue weighted by Gasteiger charge is -2.31. The average molecular weight is 266 g/mol. The molecule has 0 aliphatic carbocycles. The van der Waals surface area contributed by atoms with Gasteiger partial charge in [-0.1, -0.05) is 13.3 Å². The van der Waals surface area contributed by atoms with Crippen molar-refractivity contribution in [3.8, 4) is 0 Å². The van der Waals surface area contributed by atoms with Gasteiger partial charge in [0.1, 0.15) is 0 Å². The number of thioether (sulfide) groups is 1. The van der Waals surface area contributed by atoms with Crippen LogP contribution >= 0.6 is 11.8 Å². The van der Waals surface area contributed by atoms with Crippen LogP contribution in [0.4, 0.5) is 11.4 Å². The number of rotatable bonds is 6. The quantitative estimate of drug-likeness (QED) is 0.634. The van der Waals surface area contributed by atoms with Crippen LogP contribution in [0, 0.1) is 0 Å². The predicted molar refractivity (Wildman–Crippen MR) is 79.5 cm³/mol. The molecule has 0 amide bonds. The number of unbranched alkanes of at least 4 members (excludes halogenated alkanes) is 1. The molecule has 0 bridgehead atoms. The van der Waals surface area contributed by atoms with E-state index < -0.39 is 0 Å². The molecule has 18 heavy (non-hydrogen) atoms. The molecule has 0 fully saturated rings. The highest BCUT2D eigenvalue weighted by atomic mass is 32.2. The van der Waals surface area contributed by atoms with Crippen LogP contribution in [0.2, 0.25) is 0 Å². The van der Waals surface area contributed by atoms with Crippen LogP contribution in [0.1, 0.15) is 19.8 Å². The summed E-state index contributed by atoms with van der Waals surface area (Å²) in [5.74, 6) is 1.14. The maximum absolute atomic E-state index is 5.87. The third kappa shape index (κ3) is 3.56. The molecule has 0 atom stereocenters. The van der Waals surface area contributed by atoms with E-state index in [4.69, 9.17) is 10.5 Å². The summed E-state index contributed by atoms with van der Waals surface area (Å²) in [6.45, 7) is 5.91. The molecule has 1 aliphatic heterocycles. The fourth-order valence-corrected chi connectivity index (χ4v) is 3.08. The summed E-state index contributed by atoms with van der Waals surface area (Å²) < 4.78 is 5.64. The summed E-state index contributed by atoms with van der Waals surface area (Å²) in [5, 5.41) is 0. The predicted octanol–water partition coefficient (Wildman–Crippen LogP) is 3.00. The first-order valence-electron chi connectivity index (χ1n) is 6.66. The van der Waals surface area contributed by atoms with Crippen molar-refractivity contribution in [2.75, 3.05) is 42.7 Å². The third-order valence-electron chi connectivity index (χ3n) is 3.09. The van der Waals surface area contributed by atoms with Gasteiger partial charge in [-0.25, -0.2) is 0 Å². The zero-order valence-corrected chi connectivity index (χ0v) is 11.8. The van der Waals surface area contributed by atoms with E-state index in [2.05, 4.69) is 24.0 Å². The summed E-state index contributed by atoms with van der Waals surface area (Å²) in [6.07, 6.45) is 2.35. The van der Waals surface area contributed by atoms with Crippen LogP contribution in [-0.2, 0) is 4.74 Å². The number of nitrogens with zero attached hydrogens (tertiary/aromatic N) is 1. The van der Waals surface area contributed by atoms with Gasteiger partial charge in [0.25, 0.3) is 0 Å². The van der Waals surface area contributed by atoms with Gasteiger partial charge < -0.3 is 15.4 Å². The molecule has 1 aliphatic rings. The molecular formula is C14H22N2OS. The number of fused-ring (bicyclic) bond motifs is 1. The Balaban J connectivity index is 1.89. The molecule has 2 N–H and O–H groups in total. The van der Waals surface area contributed by atoms with Gasteiger partial charge in [0.2, 0.25) is 0 Å². The molecular weight excluding hydrogens is 244 g/mol. The Morgan fingerprint density at radius 3 is 3.11 bits per heavy atom. The summed E-state index contributed by atoms with van der Waals surface area (Å²) in [6, 6.07) is 6.18. The van der Waals surface area contributed by atoms with Crippen molar-refractivity contribution in [1.29, 1.82) is 0 Å². The van der Waals surface area contributed by atoms with Gasteiger partial charge in [0.05, 0.1) is 12.3 Å². The fourth-order valence-electron chi connectivity index (χ4n) is 2.05. The molecule has 0 radical (unpaired) electrons. The van der Waals surface area contributed by atoms with E-state index in [9.17, 15) is 0 Å². The first-order chi connectivity index (χ1) is 8.81. The summed E-state index contributed by atoms with van der Waals surface area (Å²) in [4.78, 5) is 3.72. The third-order valence-corrected chi connectivity index (χ3v) is 4.13. The Bertz CT molecular complexity index is 384. The van der Waals surface area contributed by atoms with Crippen molar-refractivity contribution < 1.29 is 4.74 Å². The lowest BCUT2D eigenvalue weighted by molar-refractivity contribution is 0.137. The number of ether oxygens (including phenoxy) is 1. The van der Waals surface area contributed by atoms with Gasteiger partial charge in [-0.05, 0) is 24.6 Å². The van der Waals surface area contributed by atoms with Crippen LogP contribution in [0.3, 0.4) is 0 Å². The van der Waals surface area contributed by atoms with Gasteiger partial charge in [0, 0.05) is 36.0 Å². The molecule has 1 aromatic rings. The van der Waals surface area contributed by atoms with Gasteiger partial charge in [-0.2, -0.15) is 0 Å². The second-order valence-electron chi connectivity index (χ2n) is 4.53. The second kappa shape index (κ2) is 6.90. The highest BCUT2D eigenvalue weighted by Gasteiger charge is 2.16. The van der Waals surface area contributed by atoms with Crippen molar-refractivity contribution in [2.45, 2.75) is 24.7 Å². The molecule has 3 nitrogen and oxygen atoms in total. The van der Waals surface area contributed by atoms with Crippen LogP contribution in [0.15, 0.2) is 23.1 Å². The van der Waals surface area contributed by atoms with Crippen molar-refractivity contribution in [2.24, 2.45) is 0 Å². The molecule has 0 saturated carbocycles. The average Bonchev–Trinajstić information content (AvgIpc) is 2.39. The molecule has 0 aromatic heterocycles. The fraction of sp³-hybridized carbons (Fsp3) is 0.571. The highest BCUT2D eigenvalue weighted by molar-refractivity contribution is 7.99. The van der Waals surface area contributed by atoms with Gasteiger partial charge in [-0.3, -0.25) is 0 Å². The van der Waals surface area contributed by atoms with Crippen molar-refractivity contribution in [3.05, 3.63) is 18.2 Å². The van der Waals surface area contributed by atoms with E-state index in [-0.39, 0.29) is 0 Å². The van der Waals surface area contributed by atoms with E-state index in [0.717, 1.165) is 44.2 Å². The normalized spacial score (nSPS) is 14.6. The number of anilines is 2. The second-order valence-corrected chi connectivity index (χ2v) is 5.67. The number of benzene rings is 1. The van der Waals surface area contributed by atoms with Crippen LogP contribution < -0.4 is 10.6 Å². The first-order valence-corrected chi connectivity index (χ1v) is 7.65. The van der Waals surface area contributed by atoms with Crippen LogP contribution in [0.25, 0.3) is 0 Å². The van der Waals surface area contributed by atoms with E-state index in [1.807, 2.05) is 17.8 Å². The monoisotopic (exact) mass is 266 g/mol. The van der Waals surface area contributed by atoms with E-state index in [1.54, 1.807) is 0 Å². The smallest absolute Gasteiger partial charge is 0.0641 e. The molecule has 0 unspecified atom stereocenters. The van der Waals surface area contributed by atoms with Gasteiger partial charge in [-0.15, -0.1) is 11.8 Å². The molecule has 0 spiro atoms. The molecule has 1 heterocycles. The minimum Gasteiger partial charge on any atom is -0.399 e. The lowest BCUT2D eigenvalue weighted by Crippen LogP contribution is -2.32. The zero-order chi connectivity index (χ0) is 12.8. The SMILES string of the molecule is CCCCOCCN1CCSc2ccc(N)cc21. The Hall–Kier alpha value is -0.870. The van der Waals surface area contributed by atoms with E-state index in [0.29, 0.717) is 0 Å². The Labute approximate surface area is 114 Å². The minimum absolute atomic E-state index is 0.804. The standard InChI is InChI=1S/C14H22N2OS/c1-2-3-8-17-9-6-16-7-10-18-14-5-4-12(15)11-13(14)16/h4-5,11H,2-3,6-10,15H2,1H3. The first kappa shape index (κ1) is 13.6.